The molecule has 0 aromatic rings. The number of carboxylic acids is 1. The minimum Gasteiger partial charge on any atom is -0.477 e. The molecule has 5 saturated heterocycles. The van der Waals surface area contributed by atoms with E-state index in [1.54, 1.807) is 0 Å². The molecular weight excluding hydrogens is 958 g/mol. The van der Waals surface area contributed by atoms with Crippen LogP contribution in [0.3, 0.4) is 0 Å². The van der Waals surface area contributed by atoms with Crippen LogP contribution in [0.2, 0.25) is 0 Å². The Morgan fingerprint density at radius 3 is 1.80 bits per heavy atom. The van der Waals surface area contributed by atoms with Crippen molar-refractivity contribution in [3.05, 3.63) is 0 Å². The molecule has 5 heterocycles. The van der Waals surface area contributed by atoms with Crippen LogP contribution in [0.15, 0.2) is 0 Å². The zero-order valence-corrected chi connectivity index (χ0v) is 38.2. The van der Waals surface area contributed by atoms with E-state index in [0.717, 1.165) is 12.0 Å². The first-order chi connectivity index (χ1) is 33.1. The van der Waals surface area contributed by atoms with Gasteiger partial charge in [-0.2, -0.15) is 5.06 Å². The second kappa shape index (κ2) is 25.4. The summed E-state index contributed by atoms with van der Waals surface area (Å²) in [5.74, 6) is -7.25. The van der Waals surface area contributed by atoms with Gasteiger partial charge in [0.25, 0.3) is 5.79 Å². The smallest absolute Gasteiger partial charge is 0.364 e. The number of carbonyl (C=O) groups is 2. The lowest BCUT2D eigenvalue weighted by Crippen LogP contribution is -2.71. The average molecular weight is 1030 g/mol. The maximum Gasteiger partial charge on any atom is 0.364 e. The summed E-state index contributed by atoms with van der Waals surface area (Å²) in [7, 11) is 1.21. The molecule has 31 nitrogen and oxygen atoms in total. The summed E-state index contributed by atoms with van der Waals surface area (Å²) in [5, 5.41) is 176. The van der Waals surface area contributed by atoms with Gasteiger partial charge >= 0.3 is 5.97 Å². The number of amides is 1. The summed E-state index contributed by atoms with van der Waals surface area (Å²) in [5.41, 5.74) is 5.63. The Morgan fingerprint density at radius 1 is 0.700 bits per heavy atom. The third-order valence-electron chi connectivity index (χ3n) is 12.9. The number of carbonyl (C=O) groups excluding carboxylic acids is 1. The van der Waals surface area contributed by atoms with Gasteiger partial charge in [-0.15, -0.1) is 0 Å². The Balaban J connectivity index is 1.58. The maximum absolute atomic E-state index is 13.4. The lowest BCUT2D eigenvalue weighted by atomic mass is 9.84. The highest BCUT2D eigenvalue weighted by Crippen LogP contribution is 2.42. The molecule has 5 aliphatic rings. The zero-order valence-electron chi connectivity index (χ0n) is 38.2. The molecular formula is C39H69N3O28. The van der Waals surface area contributed by atoms with Gasteiger partial charge in [-0.05, 0) is 0 Å². The average Bonchev–Trinajstić information content (AvgIpc) is 3.33. The molecule has 0 bridgehead atoms. The van der Waals surface area contributed by atoms with Crippen molar-refractivity contribution in [2.24, 2.45) is 11.7 Å². The van der Waals surface area contributed by atoms with Crippen LogP contribution in [-0.4, -0.2) is 305 Å². The quantitative estimate of drug-likeness (QED) is 0.0475. The van der Waals surface area contributed by atoms with Crippen LogP contribution in [0.5, 0.6) is 0 Å². The molecule has 5 rings (SSSR count). The van der Waals surface area contributed by atoms with Gasteiger partial charge in [0.2, 0.25) is 5.91 Å². The first-order valence-corrected chi connectivity index (χ1v) is 22.4. The van der Waals surface area contributed by atoms with Crippen LogP contribution >= 0.6 is 0 Å². The largest absolute Gasteiger partial charge is 0.477 e. The van der Waals surface area contributed by atoms with Crippen molar-refractivity contribution >= 4 is 11.9 Å². The monoisotopic (exact) mass is 1030 g/mol. The van der Waals surface area contributed by atoms with E-state index in [9.17, 15) is 91.3 Å². The Hall–Kier alpha value is -2.14. The van der Waals surface area contributed by atoms with Gasteiger partial charge in [0.05, 0.1) is 52.4 Å². The molecule has 0 radical (unpaired) electrons. The van der Waals surface area contributed by atoms with Crippen LogP contribution in [0.4, 0.5) is 0 Å². The van der Waals surface area contributed by atoms with E-state index in [2.05, 4.69) is 5.32 Å². The third-order valence-corrected chi connectivity index (χ3v) is 12.9. The van der Waals surface area contributed by atoms with E-state index in [-0.39, 0.29) is 13.1 Å². The minimum atomic E-state index is -3.16. The molecule has 0 spiro atoms. The van der Waals surface area contributed by atoms with Gasteiger partial charge < -0.3 is 135 Å². The molecule has 9 unspecified atom stereocenters. The standard InChI is InChI=1S/C39H69N3O28/c1-12-14(49)6-39(38(59)60,69-29(12)21(51)15(50)7-43)70-33-28(58)37(66-30-18(10-46)62-34(26(56)25(30)55)42(61-3)5-4-40)65-19(11-47)31(33)67-35-20(41-13(2)48)32(23(53)17(9-45)63-35)68-36-27(57)24(54)22(52)16(8-44)64-36/h12,14-37,43-47,49-58H,4-11,40H2,1-3H3,(H,41,48)(H,59,60)/t12-,14?,15-,16?,17?,18?,19?,20?,21-,22+,23+,24+,25-,26?,27?,28?,29-,30-,31+,32-,33-,34-,35+,36+,37+,39+/m1/s1. The Morgan fingerprint density at radius 2 is 1.24 bits per heavy atom. The van der Waals surface area contributed by atoms with E-state index in [1.807, 2.05) is 0 Å². The van der Waals surface area contributed by atoms with Crippen LogP contribution < -0.4 is 11.1 Å². The highest BCUT2D eigenvalue weighted by atomic mass is 16.8. The number of hydrogen-bond acceptors (Lipinski definition) is 29. The number of nitrogens with two attached hydrogens (primary N) is 1. The van der Waals surface area contributed by atoms with E-state index < -0.39 is 210 Å². The Labute approximate surface area is 398 Å². The molecule has 31 heteroatoms. The highest BCUT2D eigenvalue weighted by Gasteiger charge is 2.61. The molecule has 5 aliphatic heterocycles. The molecule has 5 fully saturated rings. The van der Waals surface area contributed by atoms with E-state index >= 15 is 0 Å². The first kappa shape index (κ1) is 58.7. The number of aliphatic hydroxyl groups excluding tert-OH is 15. The fraction of sp³-hybridized carbons (Fsp3) is 0.949. The molecule has 19 N–H and O–H groups in total. The third kappa shape index (κ3) is 12.3. The van der Waals surface area contributed by atoms with Crippen molar-refractivity contribution in [1.29, 1.82) is 0 Å². The molecule has 0 aromatic carbocycles. The van der Waals surface area contributed by atoms with E-state index in [4.69, 9.17) is 53.2 Å². The second-order valence-corrected chi connectivity index (χ2v) is 17.6. The number of aliphatic hydroxyl groups is 15. The van der Waals surface area contributed by atoms with Crippen molar-refractivity contribution in [3.63, 3.8) is 0 Å². The number of hydroxylamine groups is 2. The van der Waals surface area contributed by atoms with Gasteiger partial charge in [-0.25, -0.2) is 4.79 Å². The zero-order chi connectivity index (χ0) is 52.1. The number of aliphatic carboxylic acids is 1. The normalized spacial score (nSPS) is 45.8. The molecule has 26 atom stereocenters. The van der Waals surface area contributed by atoms with Crippen LogP contribution in [0.1, 0.15) is 20.3 Å². The summed E-state index contributed by atoms with van der Waals surface area (Å²) in [6.07, 6.45) is -45.5. The molecule has 408 valence electrons. The summed E-state index contributed by atoms with van der Waals surface area (Å²) in [4.78, 5) is 31.4. The number of nitrogens with one attached hydrogen (secondary N) is 1. The SMILES string of the molecule is CON(CCN)[C@@H]1OC(CO)[C@@H](O[C@@H]2OC(CO)[C@H](O[C@@H]3OC(CO)[C@H](O)[C@H](O[C@@H]4OC(CO)[C@H](O)[C@H](O)C4O)C3NC(C)=O)[C@H](O[C@]3(C(=O)O)CC(O)[C@@H](C)[C@H]([C@H](O)[C@H](O)CO)O3)C2O)[C@H](O)C1O. The van der Waals surface area contributed by atoms with Crippen LogP contribution in [0.25, 0.3) is 0 Å². The first-order valence-electron chi connectivity index (χ1n) is 22.4. The lowest BCUT2D eigenvalue weighted by molar-refractivity contribution is -0.405. The van der Waals surface area contributed by atoms with Gasteiger partial charge in [-0.1, -0.05) is 6.92 Å². The van der Waals surface area contributed by atoms with Crippen molar-refractivity contribution < 1.29 is 139 Å². The summed E-state index contributed by atoms with van der Waals surface area (Å²) < 4.78 is 53.0. The summed E-state index contributed by atoms with van der Waals surface area (Å²) >= 11 is 0. The predicted molar refractivity (Wildman–Crippen MR) is 219 cm³/mol. The minimum absolute atomic E-state index is 0.0145. The topological polar surface area (TPSA) is 491 Å². The predicted octanol–water partition coefficient (Wildman–Crippen LogP) is -11.5. The number of hydrogen-bond donors (Lipinski definition) is 18. The van der Waals surface area contributed by atoms with E-state index in [0.29, 0.717) is 0 Å². The molecule has 1 amide bonds. The number of nitrogens with zero attached hydrogens (tertiary/aromatic N) is 1. The second-order valence-electron chi connectivity index (χ2n) is 17.6. The Kier molecular flexibility index (Phi) is 21.3. The van der Waals surface area contributed by atoms with Gasteiger partial charge in [0.1, 0.15) is 110 Å². The highest BCUT2D eigenvalue weighted by molar-refractivity contribution is 5.76. The fourth-order valence-corrected chi connectivity index (χ4v) is 9.00. The summed E-state index contributed by atoms with van der Waals surface area (Å²) in [6.45, 7) is -2.87. The van der Waals surface area contributed by atoms with Crippen molar-refractivity contribution in [2.75, 3.05) is 53.2 Å². The van der Waals surface area contributed by atoms with Crippen molar-refractivity contribution in [3.8, 4) is 0 Å². The molecule has 0 aliphatic carbocycles. The molecule has 70 heavy (non-hydrogen) atoms. The fourth-order valence-electron chi connectivity index (χ4n) is 9.00. The van der Waals surface area contributed by atoms with E-state index in [1.165, 1.54) is 14.0 Å². The number of carboxylic acid groups (broad SMARTS) is 1. The van der Waals surface area contributed by atoms with Gasteiger partial charge in [-0.3, -0.25) is 9.63 Å². The van der Waals surface area contributed by atoms with Crippen molar-refractivity contribution in [2.45, 2.75) is 173 Å². The number of rotatable bonds is 21. The maximum atomic E-state index is 13.4. The summed E-state index contributed by atoms with van der Waals surface area (Å²) in [6, 6.07) is -1.82. The Bertz CT molecular complexity index is 1650. The number of ether oxygens (including phenoxy) is 9. The van der Waals surface area contributed by atoms with Gasteiger partial charge in [0, 0.05) is 32.4 Å². The molecule has 0 saturated carbocycles. The van der Waals surface area contributed by atoms with Crippen LogP contribution in [0, 0.1) is 5.92 Å². The van der Waals surface area contributed by atoms with Gasteiger partial charge in [0.15, 0.2) is 25.1 Å². The lowest BCUT2D eigenvalue weighted by Gasteiger charge is -2.52. The van der Waals surface area contributed by atoms with Crippen molar-refractivity contribution in [1.82, 2.24) is 10.4 Å². The molecule has 0 aromatic heterocycles. The van der Waals surface area contributed by atoms with Crippen LogP contribution in [-0.2, 0) is 57.1 Å².